The zero-order chi connectivity index (χ0) is 12.0. The Morgan fingerprint density at radius 1 is 1.31 bits per heavy atom. The Kier molecular flexibility index (Phi) is 4.77. The SMILES string of the molecule is CC(C)CCc1ccc(/C=C/C(=O)O)cc1. The van der Waals surface area contributed by atoms with Crippen LogP contribution in [0.5, 0.6) is 0 Å². The molecule has 0 heterocycles. The van der Waals surface area contributed by atoms with Gasteiger partial charge in [-0.1, -0.05) is 38.1 Å². The van der Waals surface area contributed by atoms with Gasteiger partial charge in [0, 0.05) is 6.08 Å². The first-order valence-electron chi connectivity index (χ1n) is 5.58. The number of carbonyl (C=O) groups is 1. The fourth-order valence-corrected chi connectivity index (χ4v) is 1.42. The fraction of sp³-hybridized carbons (Fsp3) is 0.357. The van der Waals surface area contributed by atoms with Crippen LogP contribution in [0.3, 0.4) is 0 Å². The number of carboxylic acids is 1. The molecule has 0 saturated carbocycles. The van der Waals surface area contributed by atoms with E-state index in [1.165, 1.54) is 12.0 Å². The summed E-state index contributed by atoms with van der Waals surface area (Å²) >= 11 is 0. The van der Waals surface area contributed by atoms with Gasteiger partial charge >= 0.3 is 5.97 Å². The molecule has 0 aliphatic heterocycles. The van der Waals surface area contributed by atoms with Crippen molar-refractivity contribution in [1.29, 1.82) is 0 Å². The monoisotopic (exact) mass is 218 g/mol. The van der Waals surface area contributed by atoms with Gasteiger partial charge in [-0.2, -0.15) is 0 Å². The molecule has 0 saturated heterocycles. The van der Waals surface area contributed by atoms with Crippen LogP contribution in [0.25, 0.3) is 6.08 Å². The van der Waals surface area contributed by atoms with Gasteiger partial charge < -0.3 is 5.11 Å². The normalized spacial score (nSPS) is 11.2. The molecule has 0 fully saturated rings. The number of hydrogen-bond donors (Lipinski definition) is 1. The van der Waals surface area contributed by atoms with Gasteiger partial charge in [0.1, 0.15) is 0 Å². The minimum absolute atomic E-state index is 0.714. The van der Waals surface area contributed by atoms with Crippen molar-refractivity contribution in [2.45, 2.75) is 26.7 Å². The van der Waals surface area contributed by atoms with E-state index in [1.807, 2.05) is 12.1 Å². The molecule has 0 aliphatic rings. The van der Waals surface area contributed by atoms with E-state index in [9.17, 15) is 4.79 Å². The van der Waals surface area contributed by atoms with E-state index >= 15 is 0 Å². The summed E-state index contributed by atoms with van der Waals surface area (Å²) in [6, 6.07) is 8.03. The third kappa shape index (κ3) is 4.78. The summed E-state index contributed by atoms with van der Waals surface area (Å²) in [5.41, 5.74) is 2.23. The van der Waals surface area contributed by atoms with Gasteiger partial charge in [0.15, 0.2) is 0 Å². The smallest absolute Gasteiger partial charge is 0.328 e. The molecule has 1 aromatic rings. The summed E-state index contributed by atoms with van der Waals surface area (Å²) in [6.45, 7) is 4.42. The molecule has 0 aromatic heterocycles. The van der Waals surface area contributed by atoms with E-state index in [4.69, 9.17) is 5.11 Å². The molecular formula is C14H18O2. The maximum atomic E-state index is 10.3. The summed E-state index contributed by atoms with van der Waals surface area (Å²) in [6.07, 6.45) is 5.03. The third-order valence-corrected chi connectivity index (χ3v) is 2.41. The Hall–Kier alpha value is -1.57. The van der Waals surface area contributed by atoms with Crippen molar-refractivity contribution in [2.24, 2.45) is 5.92 Å². The highest BCUT2D eigenvalue weighted by Crippen LogP contribution is 2.11. The van der Waals surface area contributed by atoms with Gasteiger partial charge in [-0.15, -0.1) is 0 Å². The Bertz CT molecular complexity index is 361. The van der Waals surface area contributed by atoms with Gasteiger partial charge in [-0.25, -0.2) is 4.79 Å². The van der Waals surface area contributed by atoms with Crippen molar-refractivity contribution in [1.82, 2.24) is 0 Å². The Morgan fingerprint density at radius 3 is 2.44 bits per heavy atom. The van der Waals surface area contributed by atoms with E-state index < -0.39 is 5.97 Å². The molecule has 1 N–H and O–H groups in total. The number of rotatable bonds is 5. The number of benzene rings is 1. The van der Waals surface area contributed by atoms with Gasteiger partial charge in [0.25, 0.3) is 0 Å². The van der Waals surface area contributed by atoms with E-state index in [0.717, 1.165) is 18.1 Å². The van der Waals surface area contributed by atoms with Crippen LogP contribution in [0, 0.1) is 5.92 Å². The summed E-state index contributed by atoms with van der Waals surface area (Å²) in [5.74, 6) is -0.199. The molecule has 0 radical (unpaired) electrons. The number of aryl methyl sites for hydroxylation is 1. The molecule has 0 bridgehead atoms. The van der Waals surface area contributed by atoms with Crippen LogP contribution < -0.4 is 0 Å². The molecule has 1 aromatic carbocycles. The largest absolute Gasteiger partial charge is 0.478 e. The summed E-state index contributed by atoms with van der Waals surface area (Å²) in [4.78, 5) is 10.3. The lowest BCUT2D eigenvalue weighted by atomic mass is 10.0. The van der Waals surface area contributed by atoms with Crippen LogP contribution in [-0.2, 0) is 11.2 Å². The average molecular weight is 218 g/mol. The summed E-state index contributed by atoms with van der Waals surface area (Å²) < 4.78 is 0. The van der Waals surface area contributed by atoms with Crippen LogP contribution in [0.2, 0.25) is 0 Å². The van der Waals surface area contributed by atoms with E-state index in [1.54, 1.807) is 6.08 Å². The van der Waals surface area contributed by atoms with Crippen molar-refractivity contribution in [2.75, 3.05) is 0 Å². The van der Waals surface area contributed by atoms with Gasteiger partial charge in [0.2, 0.25) is 0 Å². The maximum absolute atomic E-state index is 10.3. The highest BCUT2D eigenvalue weighted by Gasteiger charge is 1.97. The second-order valence-corrected chi connectivity index (χ2v) is 4.35. The first-order chi connectivity index (χ1) is 7.58. The molecule has 16 heavy (non-hydrogen) atoms. The van der Waals surface area contributed by atoms with Crippen molar-refractivity contribution in [3.05, 3.63) is 41.5 Å². The second kappa shape index (κ2) is 6.11. The van der Waals surface area contributed by atoms with Crippen LogP contribution in [-0.4, -0.2) is 11.1 Å². The number of hydrogen-bond acceptors (Lipinski definition) is 1. The second-order valence-electron chi connectivity index (χ2n) is 4.35. The van der Waals surface area contributed by atoms with E-state index in [0.29, 0.717) is 5.92 Å². The third-order valence-electron chi connectivity index (χ3n) is 2.41. The first kappa shape index (κ1) is 12.5. The molecular weight excluding hydrogens is 200 g/mol. The van der Waals surface area contributed by atoms with Crippen molar-refractivity contribution in [3.8, 4) is 0 Å². The molecule has 0 spiro atoms. The summed E-state index contributed by atoms with van der Waals surface area (Å²) in [7, 11) is 0. The van der Waals surface area contributed by atoms with E-state index in [2.05, 4.69) is 26.0 Å². The average Bonchev–Trinajstić information content (AvgIpc) is 2.25. The predicted molar refractivity (Wildman–Crippen MR) is 66.3 cm³/mol. The van der Waals surface area contributed by atoms with Crippen molar-refractivity contribution < 1.29 is 9.90 Å². The number of aliphatic carboxylic acids is 1. The Balaban J connectivity index is 2.57. The van der Waals surface area contributed by atoms with Crippen LogP contribution >= 0.6 is 0 Å². The number of carboxylic acid groups (broad SMARTS) is 1. The quantitative estimate of drug-likeness (QED) is 0.769. The zero-order valence-corrected chi connectivity index (χ0v) is 9.81. The topological polar surface area (TPSA) is 37.3 Å². The molecule has 1 rings (SSSR count). The molecule has 0 atom stereocenters. The highest BCUT2D eigenvalue weighted by atomic mass is 16.4. The molecule has 0 amide bonds. The fourth-order valence-electron chi connectivity index (χ4n) is 1.42. The lowest BCUT2D eigenvalue weighted by Crippen LogP contribution is -1.92. The van der Waals surface area contributed by atoms with Crippen LogP contribution in [0.15, 0.2) is 30.3 Å². The highest BCUT2D eigenvalue weighted by molar-refractivity contribution is 5.85. The van der Waals surface area contributed by atoms with Crippen molar-refractivity contribution in [3.63, 3.8) is 0 Å². The Labute approximate surface area is 96.6 Å². The molecule has 86 valence electrons. The van der Waals surface area contributed by atoms with Crippen LogP contribution in [0.1, 0.15) is 31.4 Å². The summed E-state index contributed by atoms with van der Waals surface area (Å²) in [5, 5.41) is 8.49. The first-order valence-corrected chi connectivity index (χ1v) is 5.58. The van der Waals surface area contributed by atoms with Gasteiger partial charge in [-0.05, 0) is 36.0 Å². The lowest BCUT2D eigenvalue weighted by Gasteiger charge is -2.04. The van der Waals surface area contributed by atoms with Gasteiger partial charge in [0.05, 0.1) is 0 Å². The predicted octanol–water partition coefficient (Wildman–Crippen LogP) is 3.37. The van der Waals surface area contributed by atoms with Gasteiger partial charge in [-0.3, -0.25) is 0 Å². The standard InChI is InChI=1S/C14H18O2/c1-11(2)3-4-12-5-7-13(8-6-12)9-10-14(15)16/h5-11H,3-4H2,1-2H3,(H,15,16)/b10-9+. The lowest BCUT2D eigenvalue weighted by molar-refractivity contribution is -0.131. The minimum atomic E-state index is -0.913. The Morgan fingerprint density at radius 2 is 1.94 bits per heavy atom. The van der Waals surface area contributed by atoms with E-state index in [-0.39, 0.29) is 0 Å². The molecule has 0 unspecified atom stereocenters. The zero-order valence-electron chi connectivity index (χ0n) is 9.81. The minimum Gasteiger partial charge on any atom is -0.478 e. The van der Waals surface area contributed by atoms with Crippen molar-refractivity contribution >= 4 is 12.0 Å². The van der Waals surface area contributed by atoms with Crippen LogP contribution in [0.4, 0.5) is 0 Å². The molecule has 2 nitrogen and oxygen atoms in total. The molecule has 0 aliphatic carbocycles. The maximum Gasteiger partial charge on any atom is 0.328 e. The molecule has 2 heteroatoms.